The first-order valence-corrected chi connectivity index (χ1v) is 4.15. The largest absolute Gasteiger partial charge is 0.392 e. The molecule has 0 aromatic carbocycles. The lowest BCUT2D eigenvalue weighted by atomic mass is 9.92. The second kappa shape index (κ2) is 4.29. The van der Waals surface area contributed by atoms with Gasteiger partial charge in [-0.15, -0.1) is 0 Å². The molecule has 1 saturated carbocycles. The summed E-state index contributed by atoms with van der Waals surface area (Å²) in [4.78, 5) is 10.4. The molecule has 1 rings (SSSR count). The Morgan fingerprint density at radius 2 is 2.00 bits per heavy atom. The van der Waals surface area contributed by atoms with Crippen LogP contribution in [0.5, 0.6) is 0 Å². The molecule has 0 saturated heterocycles. The third-order valence-corrected chi connectivity index (χ3v) is 2.22. The van der Waals surface area contributed by atoms with Crippen molar-refractivity contribution in [2.24, 2.45) is 0 Å². The Morgan fingerprint density at radius 1 is 1.36 bits per heavy atom. The highest BCUT2D eigenvalue weighted by Gasteiger charge is 2.09. The van der Waals surface area contributed by atoms with E-state index in [1.54, 1.807) is 0 Å². The van der Waals surface area contributed by atoms with Crippen LogP contribution < -0.4 is 0 Å². The van der Waals surface area contributed by atoms with Crippen LogP contribution in [0.4, 0.5) is 0 Å². The maximum absolute atomic E-state index is 10.4. The fourth-order valence-corrected chi connectivity index (χ4v) is 1.53. The molecular formula is C9H14O2. The number of aldehydes is 1. The number of rotatable bonds is 2. The highest BCUT2D eigenvalue weighted by molar-refractivity contribution is 5.74. The van der Waals surface area contributed by atoms with E-state index in [1.807, 2.05) is 0 Å². The lowest BCUT2D eigenvalue weighted by Crippen LogP contribution is -2.02. The lowest BCUT2D eigenvalue weighted by molar-refractivity contribution is -0.105. The van der Waals surface area contributed by atoms with Crippen LogP contribution >= 0.6 is 0 Å². The predicted molar refractivity (Wildman–Crippen MR) is 43.3 cm³/mol. The van der Waals surface area contributed by atoms with Gasteiger partial charge in [-0.2, -0.15) is 0 Å². The van der Waals surface area contributed by atoms with E-state index in [0.717, 1.165) is 19.1 Å². The monoisotopic (exact) mass is 154 g/mol. The van der Waals surface area contributed by atoms with Crippen molar-refractivity contribution in [1.82, 2.24) is 0 Å². The van der Waals surface area contributed by atoms with Crippen LogP contribution in [0.3, 0.4) is 0 Å². The van der Waals surface area contributed by atoms with Gasteiger partial charge in [0.2, 0.25) is 0 Å². The predicted octanol–water partition coefficient (Wildman–Crippen LogP) is 1.44. The van der Waals surface area contributed by atoms with E-state index in [0.29, 0.717) is 5.57 Å². The van der Waals surface area contributed by atoms with E-state index in [2.05, 4.69) is 0 Å². The van der Waals surface area contributed by atoms with Crippen LogP contribution in [0.2, 0.25) is 0 Å². The average Bonchev–Trinajstić information content (AvgIpc) is 2.09. The first-order chi connectivity index (χ1) is 5.38. The molecule has 62 valence electrons. The van der Waals surface area contributed by atoms with Crippen molar-refractivity contribution in [1.29, 1.82) is 0 Å². The molecule has 1 N–H and O–H groups in total. The smallest absolute Gasteiger partial charge is 0.148 e. The molecule has 0 atom stereocenters. The number of aliphatic hydroxyl groups excluding tert-OH is 1. The lowest BCUT2D eigenvalue weighted by Gasteiger charge is -2.15. The highest BCUT2D eigenvalue weighted by Crippen LogP contribution is 2.24. The van der Waals surface area contributed by atoms with Crippen LogP contribution in [0.1, 0.15) is 32.1 Å². The summed E-state index contributed by atoms with van der Waals surface area (Å²) in [6.45, 7) is -0.0845. The number of carbonyl (C=O) groups excluding carboxylic acids is 1. The molecule has 1 aliphatic carbocycles. The maximum atomic E-state index is 10.4. The van der Waals surface area contributed by atoms with Gasteiger partial charge in [-0.1, -0.05) is 12.0 Å². The zero-order valence-electron chi connectivity index (χ0n) is 6.68. The number of carbonyl (C=O) groups is 1. The molecule has 0 amide bonds. The summed E-state index contributed by atoms with van der Waals surface area (Å²) in [5.74, 6) is 0. The Kier molecular flexibility index (Phi) is 3.30. The molecule has 2 nitrogen and oxygen atoms in total. The minimum Gasteiger partial charge on any atom is -0.392 e. The van der Waals surface area contributed by atoms with Gasteiger partial charge in [0.15, 0.2) is 0 Å². The van der Waals surface area contributed by atoms with Crippen molar-refractivity contribution < 1.29 is 9.90 Å². The van der Waals surface area contributed by atoms with Gasteiger partial charge in [0, 0.05) is 5.57 Å². The summed E-state index contributed by atoms with van der Waals surface area (Å²) in [6.07, 6.45) is 6.42. The Balaban J connectivity index is 2.64. The number of allylic oxidation sites excluding steroid dienone is 1. The molecule has 0 aromatic rings. The molecule has 0 heterocycles. The van der Waals surface area contributed by atoms with Gasteiger partial charge >= 0.3 is 0 Å². The third kappa shape index (κ3) is 2.15. The van der Waals surface area contributed by atoms with Gasteiger partial charge in [-0.05, 0) is 25.7 Å². The summed E-state index contributed by atoms with van der Waals surface area (Å²) in [5.41, 5.74) is 1.79. The average molecular weight is 154 g/mol. The first kappa shape index (κ1) is 8.47. The Bertz CT molecular complexity index is 162. The summed E-state index contributed by atoms with van der Waals surface area (Å²) < 4.78 is 0. The van der Waals surface area contributed by atoms with Crippen molar-refractivity contribution in [3.63, 3.8) is 0 Å². The third-order valence-electron chi connectivity index (χ3n) is 2.22. The summed E-state index contributed by atoms with van der Waals surface area (Å²) in [6, 6.07) is 0. The van der Waals surface area contributed by atoms with E-state index in [1.165, 1.54) is 24.8 Å². The second-order valence-electron chi connectivity index (χ2n) is 2.97. The number of aliphatic hydroxyl groups is 1. The molecular weight excluding hydrogens is 140 g/mol. The van der Waals surface area contributed by atoms with Crippen molar-refractivity contribution in [3.05, 3.63) is 11.1 Å². The molecule has 11 heavy (non-hydrogen) atoms. The highest BCUT2D eigenvalue weighted by atomic mass is 16.3. The quantitative estimate of drug-likeness (QED) is 0.482. The van der Waals surface area contributed by atoms with Crippen molar-refractivity contribution in [3.8, 4) is 0 Å². The summed E-state index contributed by atoms with van der Waals surface area (Å²) in [7, 11) is 0. The number of hydrogen-bond acceptors (Lipinski definition) is 2. The van der Waals surface area contributed by atoms with Gasteiger partial charge in [-0.25, -0.2) is 0 Å². The number of hydrogen-bond donors (Lipinski definition) is 1. The van der Waals surface area contributed by atoms with E-state index in [4.69, 9.17) is 5.11 Å². The molecule has 0 spiro atoms. The van der Waals surface area contributed by atoms with Gasteiger partial charge < -0.3 is 5.11 Å². The standard InChI is InChI=1S/C9H14O2/c10-6-9(7-11)8-4-2-1-3-5-8/h6,11H,1-5,7H2. The van der Waals surface area contributed by atoms with E-state index >= 15 is 0 Å². The molecule has 0 aromatic heterocycles. The van der Waals surface area contributed by atoms with Crippen molar-refractivity contribution in [2.75, 3.05) is 6.61 Å². The molecule has 1 fully saturated rings. The second-order valence-corrected chi connectivity index (χ2v) is 2.97. The fourth-order valence-electron chi connectivity index (χ4n) is 1.53. The Morgan fingerprint density at radius 3 is 2.45 bits per heavy atom. The Hall–Kier alpha value is -0.630. The minimum absolute atomic E-state index is 0.0845. The van der Waals surface area contributed by atoms with Crippen molar-refractivity contribution in [2.45, 2.75) is 32.1 Å². The van der Waals surface area contributed by atoms with Crippen LogP contribution in [-0.4, -0.2) is 18.0 Å². The topological polar surface area (TPSA) is 37.3 Å². The van der Waals surface area contributed by atoms with E-state index in [9.17, 15) is 4.79 Å². The van der Waals surface area contributed by atoms with Gasteiger partial charge in [0.1, 0.15) is 6.29 Å². The Labute approximate surface area is 66.9 Å². The van der Waals surface area contributed by atoms with Crippen LogP contribution in [-0.2, 0) is 4.79 Å². The van der Waals surface area contributed by atoms with Crippen LogP contribution in [0.25, 0.3) is 0 Å². The van der Waals surface area contributed by atoms with Crippen LogP contribution in [0.15, 0.2) is 11.1 Å². The van der Waals surface area contributed by atoms with Crippen molar-refractivity contribution >= 4 is 6.29 Å². The normalized spacial score (nSPS) is 18.1. The molecule has 2 heteroatoms. The zero-order chi connectivity index (χ0) is 8.10. The molecule has 0 bridgehead atoms. The molecule has 0 aliphatic heterocycles. The minimum atomic E-state index is -0.0845. The van der Waals surface area contributed by atoms with Gasteiger partial charge in [0.05, 0.1) is 6.61 Å². The zero-order valence-corrected chi connectivity index (χ0v) is 6.68. The maximum Gasteiger partial charge on any atom is 0.148 e. The SMILES string of the molecule is O=CC(CO)=C1CCCCC1. The summed E-state index contributed by atoms with van der Waals surface area (Å²) in [5, 5.41) is 8.79. The van der Waals surface area contributed by atoms with Gasteiger partial charge in [0.25, 0.3) is 0 Å². The fraction of sp³-hybridized carbons (Fsp3) is 0.667. The van der Waals surface area contributed by atoms with Gasteiger partial charge in [-0.3, -0.25) is 4.79 Å². The first-order valence-electron chi connectivity index (χ1n) is 4.15. The summed E-state index contributed by atoms with van der Waals surface area (Å²) >= 11 is 0. The molecule has 0 radical (unpaired) electrons. The van der Waals surface area contributed by atoms with E-state index < -0.39 is 0 Å². The molecule has 1 aliphatic rings. The van der Waals surface area contributed by atoms with E-state index in [-0.39, 0.29) is 6.61 Å². The van der Waals surface area contributed by atoms with Crippen LogP contribution in [0, 0.1) is 0 Å². The molecule has 0 unspecified atom stereocenters.